The van der Waals surface area contributed by atoms with Crippen LogP contribution in [0.3, 0.4) is 0 Å². The lowest BCUT2D eigenvalue weighted by Gasteiger charge is -2.26. The standard InChI is InChI=1S/C19H27N5O2/c1-23(2)18(20)13-7-8-14(15-12-17(19(21)25)26-22-15)16(11-13)24-9-5-3-4-6-10-24/h7-8,11,17,20H,3-6,9-10,12H2,1-2H3,(H2,21,25). The predicted octanol–water partition coefficient (Wildman–Crippen LogP) is 1.93. The number of oxime groups is 1. The molecular formula is C19H27N5O2. The van der Waals surface area contributed by atoms with Crippen molar-refractivity contribution in [2.75, 3.05) is 32.1 Å². The summed E-state index contributed by atoms with van der Waals surface area (Å²) in [5, 5.41) is 12.4. The quantitative estimate of drug-likeness (QED) is 0.636. The van der Waals surface area contributed by atoms with Crippen molar-refractivity contribution in [1.82, 2.24) is 4.90 Å². The molecule has 0 aliphatic carbocycles. The molecule has 3 rings (SSSR count). The molecule has 7 heteroatoms. The van der Waals surface area contributed by atoms with Gasteiger partial charge in [0, 0.05) is 50.4 Å². The molecule has 2 aliphatic heterocycles. The van der Waals surface area contributed by atoms with Crippen molar-refractivity contribution < 1.29 is 9.63 Å². The predicted molar refractivity (Wildman–Crippen MR) is 103 cm³/mol. The van der Waals surface area contributed by atoms with E-state index in [4.69, 9.17) is 16.0 Å². The van der Waals surface area contributed by atoms with Crippen LogP contribution in [0.25, 0.3) is 0 Å². The fourth-order valence-electron chi connectivity index (χ4n) is 3.44. The lowest BCUT2D eigenvalue weighted by molar-refractivity contribution is -0.127. The summed E-state index contributed by atoms with van der Waals surface area (Å²) in [7, 11) is 3.74. The van der Waals surface area contributed by atoms with Gasteiger partial charge in [-0.25, -0.2) is 0 Å². The van der Waals surface area contributed by atoms with Crippen molar-refractivity contribution in [2.45, 2.75) is 38.2 Å². The molecule has 1 unspecified atom stereocenters. The maximum absolute atomic E-state index is 11.4. The molecule has 0 bridgehead atoms. The number of rotatable bonds is 4. The molecule has 3 N–H and O–H groups in total. The first-order valence-corrected chi connectivity index (χ1v) is 9.15. The third-order valence-electron chi connectivity index (χ3n) is 4.96. The van der Waals surface area contributed by atoms with Crippen LogP contribution in [0, 0.1) is 5.41 Å². The summed E-state index contributed by atoms with van der Waals surface area (Å²) in [6.07, 6.45) is 4.49. The molecule has 1 atom stereocenters. The Morgan fingerprint density at radius 1 is 1.27 bits per heavy atom. The average molecular weight is 357 g/mol. The molecule has 1 saturated heterocycles. The van der Waals surface area contributed by atoms with Crippen molar-refractivity contribution in [3.8, 4) is 0 Å². The van der Waals surface area contributed by atoms with E-state index in [2.05, 4.69) is 16.1 Å². The molecule has 140 valence electrons. The number of carbonyl (C=O) groups is 1. The topological polar surface area (TPSA) is 95.0 Å². The Morgan fingerprint density at radius 2 is 1.96 bits per heavy atom. The summed E-state index contributed by atoms with van der Waals surface area (Å²) in [6, 6.07) is 5.97. The highest BCUT2D eigenvalue weighted by Crippen LogP contribution is 2.29. The Kier molecular flexibility index (Phi) is 5.44. The Bertz CT molecular complexity index is 721. The fourth-order valence-corrected chi connectivity index (χ4v) is 3.44. The molecule has 7 nitrogen and oxygen atoms in total. The van der Waals surface area contributed by atoms with E-state index in [1.165, 1.54) is 12.8 Å². The van der Waals surface area contributed by atoms with Crippen molar-refractivity contribution in [3.63, 3.8) is 0 Å². The second-order valence-electron chi connectivity index (χ2n) is 7.11. The van der Waals surface area contributed by atoms with Crippen molar-refractivity contribution in [3.05, 3.63) is 29.3 Å². The number of primary amides is 1. The summed E-state index contributed by atoms with van der Waals surface area (Å²) < 4.78 is 0. The van der Waals surface area contributed by atoms with Gasteiger partial charge in [0.25, 0.3) is 5.91 Å². The van der Waals surface area contributed by atoms with Gasteiger partial charge in [0.1, 0.15) is 5.84 Å². The van der Waals surface area contributed by atoms with Gasteiger partial charge in [0.15, 0.2) is 0 Å². The van der Waals surface area contributed by atoms with Crippen LogP contribution in [-0.4, -0.2) is 55.6 Å². The highest BCUT2D eigenvalue weighted by atomic mass is 16.6. The maximum atomic E-state index is 11.4. The van der Waals surface area contributed by atoms with Gasteiger partial charge in [-0.2, -0.15) is 0 Å². The Hall–Kier alpha value is -2.57. The van der Waals surface area contributed by atoms with Gasteiger partial charge in [-0.3, -0.25) is 10.2 Å². The third-order valence-corrected chi connectivity index (χ3v) is 4.96. The molecule has 0 saturated carbocycles. The molecule has 1 amide bonds. The monoisotopic (exact) mass is 357 g/mol. The molecule has 2 heterocycles. The number of nitrogens with one attached hydrogen (secondary N) is 1. The summed E-state index contributed by atoms with van der Waals surface area (Å²) in [5.74, 6) is -0.0293. The molecule has 1 fully saturated rings. The zero-order chi connectivity index (χ0) is 18.7. The van der Waals surface area contributed by atoms with Crippen molar-refractivity contribution >= 4 is 23.1 Å². The number of amides is 1. The van der Waals surface area contributed by atoms with Crippen LogP contribution >= 0.6 is 0 Å². The minimum Gasteiger partial charge on any atom is -0.382 e. The highest BCUT2D eigenvalue weighted by Gasteiger charge is 2.29. The first-order valence-electron chi connectivity index (χ1n) is 9.15. The summed E-state index contributed by atoms with van der Waals surface area (Å²) in [5.41, 5.74) is 8.99. The zero-order valence-electron chi connectivity index (χ0n) is 15.5. The molecule has 1 aromatic rings. The molecule has 26 heavy (non-hydrogen) atoms. The van der Waals surface area contributed by atoms with Gasteiger partial charge in [-0.1, -0.05) is 30.1 Å². The largest absolute Gasteiger partial charge is 0.382 e. The highest BCUT2D eigenvalue weighted by molar-refractivity contribution is 6.09. The zero-order valence-corrected chi connectivity index (χ0v) is 15.5. The van der Waals surface area contributed by atoms with Crippen LogP contribution in [0.1, 0.15) is 43.2 Å². The number of hydrogen-bond acceptors (Lipinski definition) is 5. The normalized spacial score (nSPS) is 20.2. The van der Waals surface area contributed by atoms with Gasteiger partial charge < -0.3 is 20.4 Å². The number of carbonyl (C=O) groups excluding carboxylic acids is 1. The van der Waals surface area contributed by atoms with Crippen LogP contribution in [0.2, 0.25) is 0 Å². The number of amidine groups is 1. The second-order valence-corrected chi connectivity index (χ2v) is 7.11. The number of anilines is 1. The van der Waals surface area contributed by atoms with Crippen molar-refractivity contribution in [2.24, 2.45) is 10.9 Å². The van der Waals surface area contributed by atoms with E-state index >= 15 is 0 Å². The van der Waals surface area contributed by atoms with E-state index in [1.807, 2.05) is 26.2 Å². The van der Waals surface area contributed by atoms with Crippen molar-refractivity contribution in [1.29, 1.82) is 5.41 Å². The van der Waals surface area contributed by atoms with E-state index in [0.717, 1.165) is 48.5 Å². The van der Waals surface area contributed by atoms with Crippen LogP contribution in [0.5, 0.6) is 0 Å². The Labute approximate surface area is 154 Å². The summed E-state index contributed by atoms with van der Waals surface area (Å²) in [6.45, 7) is 1.97. The minimum absolute atomic E-state index is 0.390. The van der Waals surface area contributed by atoms with Gasteiger partial charge in [-0.15, -0.1) is 0 Å². The molecule has 0 radical (unpaired) electrons. The van der Waals surface area contributed by atoms with E-state index in [9.17, 15) is 4.79 Å². The van der Waals surface area contributed by atoms with E-state index < -0.39 is 12.0 Å². The van der Waals surface area contributed by atoms with Crippen LogP contribution in [-0.2, 0) is 9.63 Å². The number of benzene rings is 1. The number of nitrogens with zero attached hydrogens (tertiary/aromatic N) is 3. The fraction of sp³-hybridized carbons (Fsp3) is 0.526. The maximum Gasteiger partial charge on any atom is 0.261 e. The Balaban J connectivity index is 1.97. The van der Waals surface area contributed by atoms with Gasteiger partial charge in [-0.05, 0) is 18.9 Å². The first-order chi connectivity index (χ1) is 12.5. The average Bonchev–Trinajstić information content (AvgIpc) is 2.96. The second kappa shape index (κ2) is 7.76. The number of nitrogens with two attached hydrogens (primary N) is 1. The third kappa shape index (κ3) is 3.81. The van der Waals surface area contributed by atoms with Crippen LogP contribution in [0.4, 0.5) is 5.69 Å². The van der Waals surface area contributed by atoms with Crippen LogP contribution < -0.4 is 10.6 Å². The summed E-state index contributed by atoms with van der Waals surface area (Å²) in [4.78, 5) is 20.8. The van der Waals surface area contributed by atoms with E-state index in [0.29, 0.717) is 12.3 Å². The lowest BCUT2D eigenvalue weighted by atomic mass is 9.99. The van der Waals surface area contributed by atoms with Gasteiger partial charge >= 0.3 is 0 Å². The van der Waals surface area contributed by atoms with Crippen LogP contribution in [0.15, 0.2) is 23.4 Å². The SMILES string of the molecule is CN(C)C(=N)c1ccc(C2=NOC(C(N)=O)C2)c(N2CCCCCC2)c1. The Morgan fingerprint density at radius 3 is 2.54 bits per heavy atom. The molecule has 0 aromatic heterocycles. The van der Waals surface area contributed by atoms with E-state index in [1.54, 1.807) is 4.90 Å². The lowest BCUT2D eigenvalue weighted by Crippen LogP contribution is -2.29. The first kappa shape index (κ1) is 18.2. The van der Waals surface area contributed by atoms with E-state index in [-0.39, 0.29) is 0 Å². The smallest absolute Gasteiger partial charge is 0.261 e. The van der Waals surface area contributed by atoms with Gasteiger partial charge in [0.2, 0.25) is 6.10 Å². The van der Waals surface area contributed by atoms with Gasteiger partial charge in [0.05, 0.1) is 5.71 Å². The summed E-state index contributed by atoms with van der Waals surface area (Å²) >= 11 is 0. The molecule has 0 spiro atoms. The molecule has 2 aliphatic rings. The molecular weight excluding hydrogens is 330 g/mol. The molecule has 1 aromatic carbocycles. The minimum atomic E-state index is -0.693. The number of hydrogen-bond donors (Lipinski definition) is 2.